The van der Waals surface area contributed by atoms with Crippen LogP contribution in [0.25, 0.3) is 11.6 Å². The first kappa shape index (κ1) is 17.3. The molecule has 0 N–H and O–H groups in total. The predicted octanol–water partition coefficient (Wildman–Crippen LogP) is 3.39. The lowest BCUT2D eigenvalue weighted by Crippen LogP contribution is -2.42. The van der Waals surface area contributed by atoms with E-state index in [0.717, 1.165) is 19.0 Å². The molecule has 1 saturated heterocycles. The zero-order chi connectivity index (χ0) is 18.0. The molecule has 8 heteroatoms. The van der Waals surface area contributed by atoms with Crippen LogP contribution in [0.15, 0.2) is 22.9 Å². The van der Waals surface area contributed by atoms with Crippen LogP contribution in [0.3, 0.4) is 0 Å². The van der Waals surface area contributed by atoms with Crippen molar-refractivity contribution in [2.45, 2.75) is 45.1 Å². The van der Waals surface area contributed by atoms with E-state index in [1.165, 1.54) is 12.1 Å². The molecule has 0 spiro atoms. The van der Waals surface area contributed by atoms with Gasteiger partial charge >= 0.3 is 6.09 Å². The number of ether oxygens (including phenoxy) is 1. The van der Waals surface area contributed by atoms with Crippen molar-refractivity contribution in [2.75, 3.05) is 13.1 Å². The van der Waals surface area contributed by atoms with Gasteiger partial charge in [0.25, 0.3) is 5.89 Å². The number of rotatable bonds is 2. The predicted molar refractivity (Wildman–Crippen MR) is 87.3 cm³/mol. The molecule has 0 radical (unpaired) electrons. The van der Waals surface area contributed by atoms with Crippen LogP contribution < -0.4 is 0 Å². The molecule has 1 aliphatic rings. The maximum Gasteiger partial charge on any atom is 0.410 e. The summed E-state index contributed by atoms with van der Waals surface area (Å²) in [5, 5.41) is 4.01. The molecule has 1 amide bonds. The second kappa shape index (κ2) is 6.78. The second-order valence-corrected chi connectivity index (χ2v) is 7.08. The number of piperidine rings is 1. The summed E-state index contributed by atoms with van der Waals surface area (Å²) in [4.78, 5) is 22.2. The van der Waals surface area contributed by atoms with E-state index in [9.17, 15) is 9.18 Å². The molecular formula is C17H21FN4O3. The number of carbonyl (C=O) groups is 1. The van der Waals surface area contributed by atoms with E-state index in [0.29, 0.717) is 24.6 Å². The van der Waals surface area contributed by atoms with Gasteiger partial charge < -0.3 is 14.2 Å². The van der Waals surface area contributed by atoms with Gasteiger partial charge in [-0.05, 0) is 45.7 Å². The van der Waals surface area contributed by atoms with Crippen molar-refractivity contribution < 1.29 is 18.4 Å². The Hall–Kier alpha value is -2.51. The molecule has 0 bridgehead atoms. The molecule has 1 fully saturated rings. The van der Waals surface area contributed by atoms with Crippen LogP contribution >= 0.6 is 0 Å². The lowest BCUT2D eigenvalue weighted by atomic mass is 9.98. The molecule has 0 saturated carbocycles. The van der Waals surface area contributed by atoms with E-state index in [1.807, 2.05) is 20.8 Å². The number of aromatic nitrogens is 3. The van der Waals surface area contributed by atoms with Crippen LogP contribution in [0, 0.1) is 5.82 Å². The lowest BCUT2D eigenvalue weighted by Gasteiger charge is -2.32. The number of hydrogen-bond donors (Lipinski definition) is 0. The van der Waals surface area contributed by atoms with Crippen LogP contribution in [0.4, 0.5) is 9.18 Å². The molecule has 0 aliphatic carbocycles. The number of halogens is 1. The molecule has 1 aliphatic heterocycles. The van der Waals surface area contributed by atoms with Gasteiger partial charge in [-0.25, -0.2) is 14.2 Å². The first-order valence-electron chi connectivity index (χ1n) is 8.25. The molecule has 3 heterocycles. The average Bonchev–Trinajstić information content (AvgIpc) is 3.04. The maximum atomic E-state index is 13.0. The highest BCUT2D eigenvalue weighted by Gasteiger charge is 2.30. The topological polar surface area (TPSA) is 81.4 Å². The first-order chi connectivity index (χ1) is 11.8. The van der Waals surface area contributed by atoms with Crippen molar-refractivity contribution in [3.8, 4) is 11.6 Å². The Morgan fingerprint density at radius 3 is 2.88 bits per heavy atom. The smallest absolute Gasteiger partial charge is 0.410 e. The summed E-state index contributed by atoms with van der Waals surface area (Å²) in [5.74, 6) is 0.307. The van der Waals surface area contributed by atoms with Crippen molar-refractivity contribution in [1.29, 1.82) is 0 Å². The highest BCUT2D eigenvalue weighted by molar-refractivity contribution is 5.68. The zero-order valence-corrected chi connectivity index (χ0v) is 14.5. The van der Waals surface area contributed by atoms with Crippen LogP contribution in [-0.2, 0) is 4.74 Å². The number of hydrogen-bond acceptors (Lipinski definition) is 6. The fraction of sp³-hybridized carbons (Fsp3) is 0.529. The van der Waals surface area contributed by atoms with Gasteiger partial charge in [-0.1, -0.05) is 5.16 Å². The Morgan fingerprint density at radius 2 is 2.20 bits per heavy atom. The molecule has 0 aromatic carbocycles. The molecular weight excluding hydrogens is 327 g/mol. The van der Waals surface area contributed by atoms with Crippen LogP contribution in [0.5, 0.6) is 0 Å². The summed E-state index contributed by atoms with van der Waals surface area (Å²) < 4.78 is 23.6. The van der Waals surface area contributed by atoms with E-state index < -0.39 is 11.4 Å². The summed E-state index contributed by atoms with van der Waals surface area (Å²) >= 11 is 0. The van der Waals surface area contributed by atoms with Gasteiger partial charge in [0.1, 0.15) is 17.1 Å². The standard InChI is InChI=1S/C17H21FN4O3/c1-17(2,3)24-16(23)22-8-4-5-11(10-22)14-20-15(25-21-14)13-7-6-12(18)9-19-13/h6-7,9,11H,4-5,8,10H2,1-3H3. The quantitative estimate of drug-likeness (QED) is 0.827. The van der Waals surface area contributed by atoms with Crippen LogP contribution in [0.2, 0.25) is 0 Å². The van der Waals surface area contributed by atoms with Crippen molar-refractivity contribution in [2.24, 2.45) is 0 Å². The van der Waals surface area contributed by atoms with Gasteiger partial charge in [0.15, 0.2) is 5.82 Å². The van der Waals surface area contributed by atoms with Crippen molar-refractivity contribution in [1.82, 2.24) is 20.0 Å². The Morgan fingerprint density at radius 1 is 1.40 bits per heavy atom. The summed E-state index contributed by atoms with van der Waals surface area (Å²) in [7, 11) is 0. The SMILES string of the molecule is CC(C)(C)OC(=O)N1CCCC(c2noc(-c3ccc(F)cn3)n2)C1. The third-order valence-electron chi connectivity index (χ3n) is 3.83. The minimum atomic E-state index is -0.530. The van der Waals surface area contributed by atoms with Crippen molar-refractivity contribution >= 4 is 6.09 Å². The fourth-order valence-electron chi connectivity index (χ4n) is 2.69. The van der Waals surface area contributed by atoms with Gasteiger partial charge in [0.05, 0.1) is 6.20 Å². The Balaban J connectivity index is 1.70. The molecule has 134 valence electrons. The zero-order valence-electron chi connectivity index (χ0n) is 14.5. The third kappa shape index (κ3) is 4.32. The van der Waals surface area contributed by atoms with E-state index in [2.05, 4.69) is 15.1 Å². The number of pyridine rings is 1. The molecule has 2 aromatic heterocycles. The van der Waals surface area contributed by atoms with Crippen molar-refractivity contribution in [3.05, 3.63) is 30.0 Å². The summed E-state index contributed by atoms with van der Waals surface area (Å²) in [5.41, 5.74) is -0.114. The number of likely N-dealkylation sites (tertiary alicyclic amines) is 1. The largest absolute Gasteiger partial charge is 0.444 e. The first-order valence-corrected chi connectivity index (χ1v) is 8.25. The molecule has 1 atom stereocenters. The van der Waals surface area contributed by atoms with Crippen molar-refractivity contribution in [3.63, 3.8) is 0 Å². The minimum Gasteiger partial charge on any atom is -0.444 e. The number of carbonyl (C=O) groups excluding carboxylic acids is 1. The Labute approximate surface area is 145 Å². The van der Waals surface area contributed by atoms with Gasteiger partial charge in [-0.15, -0.1) is 0 Å². The van der Waals surface area contributed by atoms with Crippen LogP contribution in [-0.4, -0.2) is 44.8 Å². The average molecular weight is 348 g/mol. The minimum absolute atomic E-state index is 0.0285. The number of amides is 1. The normalized spacial score (nSPS) is 18.2. The number of nitrogens with zero attached hydrogens (tertiary/aromatic N) is 4. The van der Waals surface area contributed by atoms with Crippen LogP contribution in [0.1, 0.15) is 45.4 Å². The van der Waals surface area contributed by atoms with E-state index in [1.54, 1.807) is 4.90 Å². The molecule has 2 aromatic rings. The highest BCUT2D eigenvalue weighted by atomic mass is 19.1. The summed E-state index contributed by atoms with van der Waals surface area (Å²) in [6.07, 6.45) is 2.46. The molecule has 3 rings (SSSR count). The fourth-order valence-corrected chi connectivity index (χ4v) is 2.69. The van der Waals surface area contributed by atoms with E-state index >= 15 is 0 Å². The Kier molecular flexibility index (Phi) is 4.69. The maximum absolute atomic E-state index is 13.0. The third-order valence-corrected chi connectivity index (χ3v) is 3.83. The molecule has 7 nitrogen and oxygen atoms in total. The highest BCUT2D eigenvalue weighted by Crippen LogP contribution is 2.27. The monoisotopic (exact) mass is 348 g/mol. The van der Waals surface area contributed by atoms with Gasteiger partial charge in [-0.2, -0.15) is 4.98 Å². The molecule has 25 heavy (non-hydrogen) atoms. The van der Waals surface area contributed by atoms with E-state index in [-0.39, 0.29) is 17.9 Å². The Bertz CT molecular complexity index is 739. The summed E-state index contributed by atoms with van der Waals surface area (Å²) in [6.45, 7) is 6.65. The second-order valence-electron chi connectivity index (χ2n) is 7.08. The van der Waals surface area contributed by atoms with E-state index in [4.69, 9.17) is 9.26 Å². The molecule has 1 unspecified atom stereocenters. The lowest BCUT2D eigenvalue weighted by molar-refractivity contribution is 0.0195. The van der Waals surface area contributed by atoms with Gasteiger partial charge in [0, 0.05) is 19.0 Å². The van der Waals surface area contributed by atoms with Gasteiger partial charge in [0.2, 0.25) is 0 Å². The van der Waals surface area contributed by atoms with Gasteiger partial charge in [-0.3, -0.25) is 0 Å². The summed E-state index contributed by atoms with van der Waals surface area (Å²) in [6, 6.07) is 2.78.